The molecule has 1 fully saturated rings. The number of piperazine rings is 1. The molecule has 7 nitrogen and oxygen atoms in total. The van der Waals surface area contributed by atoms with Crippen LogP contribution in [0.4, 0.5) is 19.0 Å². The van der Waals surface area contributed by atoms with Crippen LogP contribution in [0.1, 0.15) is 20.8 Å². The number of halogens is 3. The summed E-state index contributed by atoms with van der Waals surface area (Å²) in [6.07, 6.45) is -2.17. The third kappa shape index (κ3) is 3.53. The average molecular weight is 437 g/mol. The van der Waals surface area contributed by atoms with Gasteiger partial charge in [-0.25, -0.2) is 9.97 Å². The van der Waals surface area contributed by atoms with E-state index in [-0.39, 0.29) is 11.5 Å². The smallest absolute Gasteiger partial charge is 0.353 e. The van der Waals surface area contributed by atoms with Gasteiger partial charge >= 0.3 is 6.18 Å². The van der Waals surface area contributed by atoms with E-state index in [0.717, 1.165) is 12.3 Å². The van der Waals surface area contributed by atoms with Crippen LogP contribution in [0.5, 0.6) is 0 Å². The fraction of sp³-hybridized carbons (Fsp3) is 0.368. The molecule has 0 spiro atoms. The fourth-order valence-electron chi connectivity index (χ4n) is 3.44. The quantitative estimate of drug-likeness (QED) is 0.617. The summed E-state index contributed by atoms with van der Waals surface area (Å²) >= 11 is 1.20. The maximum atomic E-state index is 13.0. The standard InChI is InChI=1S/C19H18F3N5O2S/c1-11-14-16(24-10-25(2)17(14)28)30-15(11)18(29)27-7-5-26(6-8-27)13-4-3-12(9-23-13)19(20,21)22/h3-4,9-10H,5-8H2,1-2H3. The molecule has 11 heteroatoms. The number of aromatic nitrogens is 3. The molecular formula is C19H18F3N5O2S. The van der Waals surface area contributed by atoms with Crippen LogP contribution in [0.3, 0.4) is 0 Å². The van der Waals surface area contributed by atoms with E-state index >= 15 is 0 Å². The van der Waals surface area contributed by atoms with Crippen LogP contribution in [0.15, 0.2) is 29.5 Å². The summed E-state index contributed by atoms with van der Waals surface area (Å²) < 4.78 is 39.5. The third-order valence-electron chi connectivity index (χ3n) is 5.17. The molecule has 0 unspecified atom stereocenters. The van der Waals surface area contributed by atoms with Crippen LogP contribution in [0.2, 0.25) is 0 Å². The number of hydrogen-bond acceptors (Lipinski definition) is 6. The molecule has 4 heterocycles. The summed E-state index contributed by atoms with van der Waals surface area (Å²) in [7, 11) is 1.61. The number of nitrogens with zero attached hydrogens (tertiary/aromatic N) is 5. The lowest BCUT2D eigenvalue weighted by Crippen LogP contribution is -2.49. The Hall–Kier alpha value is -2.95. The van der Waals surface area contributed by atoms with Crippen LogP contribution in [-0.4, -0.2) is 51.5 Å². The number of alkyl halides is 3. The molecule has 158 valence electrons. The van der Waals surface area contributed by atoms with Gasteiger partial charge in [0, 0.05) is 39.4 Å². The molecule has 30 heavy (non-hydrogen) atoms. The Balaban J connectivity index is 1.49. The van der Waals surface area contributed by atoms with Gasteiger partial charge in [-0.05, 0) is 24.6 Å². The van der Waals surface area contributed by atoms with Gasteiger partial charge in [0.05, 0.1) is 22.2 Å². The second kappa shape index (κ2) is 7.38. The van der Waals surface area contributed by atoms with E-state index in [2.05, 4.69) is 9.97 Å². The topological polar surface area (TPSA) is 71.3 Å². The van der Waals surface area contributed by atoms with Crippen LogP contribution in [0, 0.1) is 6.92 Å². The van der Waals surface area contributed by atoms with Gasteiger partial charge in [0.2, 0.25) is 0 Å². The molecule has 4 rings (SSSR count). The minimum Gasteiger partial charge on any atom is -0.353 e. The molecule has 0 bridgehead atoms. The Morgan fingerprint density at radius 3 is 2.43 bits per heavy atom. The predicted octanol–water partition coefficient (Wildman–Crippen LogP) is 2.68. The molecule has 1 aliphatic rings. The Morgan fingerprint density at radius 1 is 1.13 bits per heavy atom. The zero-order chi connectivity index (χ0) is 21.6. The summed E-state index contributed by atoms with van der Waals surface area (Å²) in [5.74, 6) is 0.276. The maximum absolute atomic E-state index is 13.0. The van der Waals surface area contributed by atoms with Crippen molar-refractivity contribution in [2.75, 3.05) is 31.1 Å². The van der Waals surface area contributed by atoms with Crippen LogP contribution in [0.25, 0.3) is 10.2 Å². The SMILES string of the molecule is Cc1c(C(=O)N2CCN(c3ccc(C(F)(F)F)cn3)CC2)sc2ncn(C)c(=O)c12. The van der Waals surface area contributed by atoms with Crippen molar-refractivity contribution in [3.05, 3.63) is 51.0 Å². The van der Waals surface area contributed by atoms with E-state index in [0.29, 0.717) is 52.7 Å². The molecule has 1 saturated heterocycles. The highest BCUT2D eigenvalue weighted by Crippen LogP contribution is 2.30. The summed E-state index contributed by atoms with van der Waals surface area (Å²) in [4.78, 5) is 38.1. The van der Waals surface area contributed by atoms with Crippen LogP contribution >= 0.6 is 11.3 Å². The number of pyridine rings is 1. The molecule has 3 aromatic rings. The number of anilines is 1. The van der Waals surface area contributed by atoms with Gasteiger partial charge in [0.1, 0.15) is 10.6 Å². The van der Waals surface area contributed by atoms with E-state index in [1.54, 1.807) is 18.9 Å². The predicted molar refractivity (Wildman–Crippen MR) is 107 cm³/mol. The van der Waals surface area contributed by atoms with Crippen molar-refractivity contribution in [1.82, 2.24) is 19.4 Å². The van der Waals surface area contributed by atoms with Crippen molar-refractivity contribution < 1.29 is 18.0 Å². The normalized spacial score (nSPS) is 15.1. The number of carbonyl (C=O) groups is 1. The van der Waals surface area contributed by atoms with Gasteiger partial charge in [-0.2, -0.15) is 13.2 Å². The van der Waals surface area contributed by atoms with Gasteiger partial charge in [0.25, 0.3) is 11.5 Å². The van der Waals surface area contributed by atoms with Gasteiger partial charge in [-0.3, -0.25) is 9.59 Å². The Bertz CT molecular complexity index is 1160. The van der Waals surface area contributed by atoms with Crippen molar-refractivity contribution in [2.24, 2.45) is 7.05 Å². The van der Waals surface area contributed by atoms with E-state index in [1.165, 1.54) is 28.3 Å². The van der Waals surface area contributed by atoms with E-state index in [9.17, 15) is 22.8 Å². The number of aryl methyl sites for hydroxylation is 2. The number of rotatable bonds is 2. The Labute approximate surface area is 173 Å². The highest BCUT2D eigenvalue weighted by molar-refractivity contribution is 7.20. The summed E-state index contributed by atoms with van der Waals surface area (Å²) in [5, 5.41) is 0.459. The minimum atomic E-state index is -4.42. The molecule has 1 aliphatic heterocycles. The maximum Gasteiger partial charge on any atom is 0.417 e. The molecule has 0 saturated carbocycles. The first-order chi connectivity index (χ1) is 14.2. The fourth-order valence-corrected chi connectivity index (χ4v) is 4.54. The van der Waals surface area contributed by atoms with Crippen molar-refractivity contribution >= 4 is 33.3 Å². The number of amides is 1. The van der Waals surface area contributed by atoms with Gasteiger partial charge < -0.3 is 14.4 Å². The minimum absolute atomic E-state index is 0.169. The lowest BCUT2D eigenvalue weighted by molar-refractivity contribution is -0.137. The van der Waals surface area contributed by atoms with Gasteiger partial charge in [-0.15, -0.1) is 11.3 Å². The van der Waals surface area contributed by atoms with Crippen LogP contribution in [-0.2, 0) is 13.2 Å². The lowest BCUT2D eigenvalue weighted by Gasteiger charge is -2.35. The number of thiophene rings is 1. The Morgan fingerprint density at radius 2 is 1.83 bits per heavy atom. The van der Waals surface area contributed by atoms with Crippen molar-refractivity contribution in [2.45, 2.75) is 13.1 Å². The summed E-state index contributed by atoms with van der Waals surface area (Å²) in [5.41, 5.74) is -0.355. The first kappa shape index (κ1) is 20.3. The lowest BCUT2D eigenvalue weighted by atomic mass is 10.2. The number of fused-ring (bicyclic) bond motifs is 1. The van der Waals surface area contributed by atoms with Gasteiger partial charge in [0.15, 0.2) is 0 Å². The molecule has 3 aromatic heterocycles. The molecule has 1 amide bonds. The molecule has 0 aliphatic carbocycles. The van der Waals surface area contributed by atoms with Gasteiger partial charge in [-0.1, -0.05) is 0 Å². The monoisotopic (exact) mass is 437 g/mol. The highest BCUT2D eigenvalue weighted by Gasteiger charge is 2.31. The number of carbonyl (C=O) groups excluding carboxylic acids is 1. The Kier molecular flexibility index (Phi) is 5.00. The van der Waals surface area contributed by atoms with Crippen molar-refractivity contribution in [3.8, 4) is 0 Å². The highest BCUT2D eigenvalue weighted by atomic mass is 32.1. The van der Waals surface area contributed by atoms with E-state index in [1.807, 2.05) is 4.90 Å². The van der Waals surface area contributed by atoms with E-state index < -0.39 is 11.7 Å². The molecule has 0 aromatic carbocycles. The zero-order valence-electron chi connectivity index (χ0n) is 16.2. The average Bonchev–Trinajstić information content (AvgIpc) is 3.07. The molecular weight excluding hydrogens is 419 g/mol. The molecule has 0 atom stereocenters. The van der Waals surface area contributed by atoms with Crippen molar-refractivity contribution in [1.29, 1.82) is 0 Å². The zero-order valence-corrected chi connectivity index (χ0v) is 17.0. The first-order valence-corrected chi connectivity index (χ1v) is 10.0. The first-order valence-electron chi connectivity index (χ1n) is 9.19. The van der Waals surface area contributed by atoms with Crippen molar-refractivity contribution in [3.63, 3.8) is 0 Å². The second-order valence-corrected chi connectivity index (χ2v) is 8.08. The summed E-state index contributed by atoms with van der Waals surface area (Å²) in [6, 6.07) is 2.35. The third-order valence-corrected chi connectivity index (χ3v) is 6.36. The van der Waals surface area contributed by atoms with E-state index in [4.69, 9.17) is 0 Å². The molecule has 0 N–H and O–H groups in total. The number of hydrogen-bond donors (Lipinski definition) is 0. The molecule has 0 radical (unpaired) electrons. The summed E-state index contributed by atoms with van der Waals surface area (Å²) in [6.45, 7) is 3.46. The largest absolute Gasteiger partial charge is 0.417 e. The van der Waals surface area contributed by atoms with Crippen LogP contribution < -0.4 is 10.5 Å². The second-order valence-electron chi connectivity index (χ2n) is 7.08.